The molecule has 3 aromatic rings. The molecule has 0 saturated heterocycles. The van der Waals surface area contributed by atoms with Crippen LogP contribution in [0.4, 0.5) is 5.69 Å². The number of hydrogen-bond acceptors (Lipinski definition) is 4. The van der Waals surface area contributed by atoms with Gasteiger partial charge in [0.15, 0.2) is 6.10 Å². The maximum absolute atomic E-state index is 13.7. The molecule has 0 aromatic heterocycles. The minimum atomic E-state index is -4.18. The highest BCUT2D eigenvalue weighted by Gasteiger charge is 2.35. The first-order chi connectivity index (χ1) is 16.5. The summed E-state index contributed by atoms with van der Waals surface area (Å²) in [6.45, 7) is 9.25. The molecule has 1 amide bonds. The van der Waals surface area contributed by atoms with E-state index < -0.39 is 22.0 Å². The molecule has 3 rings (SSSR count). The molecule has 0 radical (unpaired) electrons. The Morgan fingerprint density at radius 3 is 2.09 bits per heavy atom. The first kappa shape index (κ1) is 26.8. The highest BCUT2D eigenvalue weighted by atomic mass is 35.5. The zero-order valence-electron chi connectivity index (χ0n) is 20.8. The van der Waals surface area contributed by atoms with Gasteiger partial charge in [-0.15, -0.1) is 0 Å². The molecule has 0 fully saturated rings. The molecule has 1 unspecified atom stereocenters. The second-order valence-electron chi connectivity index (χ2n) is 8.82. The molecule has 0 N–H and O–H groups in total. The minimum Gasteiger partial charge on any atom is -0.481 e. The van der Waals surface area contributed by atoms with Gasteiger partial charge in [0.05, 0.1) is 10.6 Å². The molecular formula is C28H32ClNO4S. The number of unbranched alkanes of at least 4 members (excludes halogenated alkanes) is 1. The molecule has 0 aliphatic heterocycles. The Morgan fingerprint density at radius 1 is 0.971 bits per heavy atom. The Kier molecular flexibility index (Phi) is 8.62. The van der Waals surface area contributed by atoms with Crippen molar-refractivity contribution < 1.29 is 17.9 Å². The maximum atomic E-state index is 13.7. The molecule has 35 heavy (non-hydrogen) atoms. The van der Waals surface area contributed by atoms with E-state index in [0.717, 1.165) is 45.8 Å². The lowest BCUT2D eigenvalue weighted by molar-refractivity contribution is -0.123. The van der Waals surface area contributed by atoms with Crippen LogP contribution in [0.1, 0.15) is 48.9 Å². The molecule has 0 bridgehead atoms. The van der Waals surface area contributed by atoms with Gasteiger partial charge in [0.1, 0.15) is 5.75 Å². The van der Waals surface area contributed by atoms with Crippen LogP contribution in [0.2, 0.25) is 5.02 Å². The smallest absolute Gasteiger partial charge is 0.281 e. The number of carbonyl (C=O) groups excluding carboxylic acids is 1. The number of rotatable bonds is 9. The van der Waals surface area contributed by atoms with Gasteiger partial charge in [-0.05, 0) is 93.6 Å². The quantitative estimate of drug-likeness (QED) is 0.315. The summed E-state index contributed by atoms with van der Waals surface area (Å²) in [7, 11) is -4.18. The Labute approximate surface area is 213 Å². The number of ether oxygens (including phenoxy) is 1. The largest absolute Gasteiger partial charge is 0.481 e. The second-order valence-corrected chi connectivity index (χ2v) is 11.0. The summed E-state index contributed by atoms with van der Waals surface area (Å²) in [6, 6.07) is 17.0. The lowest BCUT2D eigenvalue weighted by atomic mass is 10.1. The van der Waals surface area contributed by atoms with Crippen molar-refractivity contribution in [3.05, 3.63) is 87.9 Å². The van der Waals surface area contributed by atoms with Crippen molar-refractivity contribution in [1.29, 1.82) is 0 Å². The third-order valence-corrected chi connectivity index (χ3v) is 8.16. The predicted octanol–water partition coefficient (Wildman–Crippen LogP) is 6.80. The Balaban J connectivity index is 2.00. The normalized spacial score (nSPS) is 12.3. The number of benzene rings is 3. The van der Waals surface area contributed by atoms with Crippen LogP contribution in [0.25, 0.3) is 0 Å². The topological polar surface area (TPSA) is 63.7 Å². The van der Waals surface area contributed by atoms with Crippen LogP contribution >= 0.6 is 11.6 Å². The summed E-state index contributed by atoms with van der Waals surface area (Å²) in [5.74, 6) is -0.231. The Morgan fingerprint density at radius 2 is 1.54 bits per heavy atom. The van der Waals surface area contributed by atoms with E-state index in [1.54, 1.807) is 43.3 Å². The van der Waals surface area contributed by atoms with E-state index in [1.165, 1.54) is 12.1 Å². The third kappa shape index (κ3) is 6.24. The number of amides is 1. The van der Waals surface area contributed by atoms with E-state index >= 15 is 0 Å². The van der Waals surface area contributed by atoms with Crippen molar-refractivity contribution in [2.45, 2.75) is 64.9 Å². The van der Waals surface area contributed by atoms with Crippen LogP contribution in [-0.2, 0) is 21.2 Å². The summed E-state index contributed by atoms with van der Waals surface area (Å²) in [5.41, 5.74) is 3.91. The van der Waals surface area contributed by atoms with Gasteiger partial charge in [-0.2, -0.15) is 4.31 Å². The first-order valence-electron chi connectivity index (χ1n) is 11.7. The van der Waals surface area contributed by atoms with Gasteiger partial charge in [0, 0.05) is 5.02 Å². The summed E-state index contributed by atoms with van der Waals surface area (Å²) < 4.78 is 34.1. The van der Waals surface area contributed by atoms with Crippen LogP contribution in [-0.4, -0.2) is 20.4 Å². The van der Waals surface area contributed by atoms with E-state index in [2.05, 4.69) is 6.92 Å². The van der Waals surface area contributed by atoms with Gasteiger partial charge in [0.2, 0.25) is 0 Å². The number of aryl methyl sites for hydroxylation is 4. The van der Waals surface area contributed by atoms with Crippen LogP contribution in [0.3, 0.4) is 0 Å². The fourth-order valence-corrected chi connectivity index (χ4v) is 5.36. The summed E-state index contributed by atoms with van der Waals surface area (Å²) in [6.07, 6.45) is 1.93. The molecule has 1 atom stereocenters. The fraction of sp³-hybridized carbons (Fsp3) is 0.321. The maximum Gasteiger partial charge on any atom is 0.281 e. The molecule has 0 aliphatic carbocycles. The molecule has 0 aliphatic rings. The lowest BCUT2D eigenvalue weighted by Crippen LogP contribution is -2.44. The van der Waals surface area contributed by atoms with Gasteiger partial charge in [-0.25, -0.2) is 8.42 Å². The molecule has 7 heteroatoms. The van der Waals surface area contributed by atoms with Crippen molar-refractivity contribution in [2.75, 3.05) is 4.31 Å². The fourth-order valence-electron chi connectivity index (χ4n) is 3.77. The zero-order valence-corrected chi connectivity index (χ0v) is 22.4. The van der Waals surface area contributed by atoms with E-state index in [4.69, 9.17) is 16.3 Å². The third-order valence-electron chi connectivity index (χ3n) is 5.82. The van der Waals surface area contributed by atoms with Crippen LogP contribution < -0.4 is 9.04 Å². The average Bonchev–Trinajstić information content (AvgIpc) is 2.82. The highest BCUT2D eigenvalue weighted by Crippen LogP contribution is 2.29. The lowest BCUT2D eigenvalue weighted by Gasteiger charge is -2.26. The van der Waals surface area contributed by atoms with Crippen LogP contribution in [0.15, 0.2) is 65.6 Å². The van der Waals surface area contributed by atoms with Gasteiger partial charge >= 0.3 is 0 Å². The average molecular weight is 514 g/mol. The number of sulfonamides is 1. The molecule has 3 aromatic carbocycles. The highest BCUT2D eigenvalue weighted by molar-refractivity contribution is 7.93. The van der Waals surface area contributed by atoms with Crippen molar-refractivity contribution >= 4 is 33.2 Å². The Hall–Kier alpha value is -2.83. The number of nitrogens with zero attached hydrogens (tertiary/aromatic N) is 1. The van der Waals surface area contributed by atoms with Gasteiger partial charge in [-0.3, -0.25) is 4.79 Å². The SMILES string of the molecule is CCCCc1ccc(N(C(=O)C(C)Oc2cc(C)c(Cl)c(C)c2)S(=O)(=O)c2ccc(C)cc2)cc1. The van der Waals surface area contributed by atoms with E-state index in [1.807, 2.05) is 32.9 Å². The standard InChI is InChI=1S/C28H32ClNO4S/c1-6-7-8-23-11-13-24(14-12-23)30(35(32,33)26-15-9-19(2)10-16-26)28(31)22(5)34-25-17-20(3)27(29)21(4)18-25/h9-18,22H,6-8H2,1-5H3. The van der Waals surface area contributed by atoms with Gasteiger partial charge in [0.25, 0.3) is 15.9 Å². The molecule has 0 saturated carbocycles. The zero-order chi connectivity index (χ0) is 25.8. The number of anilines is 1. The second kappa shape index (κ2) is 11.3. The summed E-state index contributed by atoms with van der Waals surface area (Å²) in [5, 5.41) is 0.628. The molecular weight excluding hydrogens is 482 g/mol. The number of halogens is 1. The van der Waals surface area contributed by atoms with E-state index in [9.17, 15) is 13.2 Å². The predicted molar refractivity (Wildman–Crippen MR) is 142 cm³/mol. The molecule has 5 nitrogen and oxygen atoms in total. The Bertz CT molecular complexity index is 1260. The van der Waals surface area contributed by atoms with Crippen LogP contribution in [0, 0.1) is 20.8 Å². The monoisotopic (exact) mass is 513 g/mol. The van der Waals surface area contributed by atoms with Crippen molar-refractivity contribution in [3.8, 4) is 5.75 Å². The van der Waals surface area contributed by atoms with Gasteiger partial charge < -0.3 is 4.74 Å². The van der Waals surface area contributed by atoms with E-state index in [0.29, 0.717) is 10.8 Å². The molecule has 186 valence electrons. The minimum absolute atomic E-state index is 0.0388. The summed E-state index contributed by atoms with van der Waals surface area (Å²) >= 11 is 6.25. The molecule has 0 heterocycles. The van der Waals surface area contributed by atoms with Crippen molar-refractivity contribution in [1.82, 2.24) is 0 Å². The van der Waals surface area contributed by atoms with Crippen LogP contribution in [0.5, 0.6) is 5.75 Å². The number of hydrogen-bond donors (Lipinski definition) is 0. The summed E-state index contributed by atoms with van der Waals surface area (Å²) in [4.78, 5) is 13.7. The van der Waals surface area contributed by atoms with E-state index in [-0.39, 0.29) is 10.6 Å². The van der Waals surface area contributed by atoms with Crippen molar-refractivity contribution in [2.24, 2.45) is 0 Å². The number of carbonyl (C=O) groups is 1. The molecule has 0 spiro atoms. The first-order valence-corrected chi connectivity index (χ1v) is 13.5. The van der Waals surface area contributed by atoms with Gasteiger partial charge in [-0.1, -0.05) is 54.8 Å². The van der Waals surface area contributed by atoms with Crippen molar-refractivity contribution in [3.63, 3.8) is 0 Å².